The molecule has 0 radical (unpaired) electrons. The van der Waals surface area contributed by atoms with E-state index in [-0.39, 0.29) is 11.3 Å². The molecule has 0 spiro atoms. The number of benzene rings is 2. The van der Waals surface area contributed by atoms with Crippen LogP contribution < -0.4 is 4.72 Å². The average molecular weight is 329 g/mol. The van der Waals surface area contributed by atoms with Crippen molar-refractivity contribution >= 4 is 10.0 Å². The standard InChI is InChI=1S/C15H14F3NO2S/c1-10(14-7-6-13(17)8-15(14)18)19-22(20,21)9-11-2-4-12(16)5-3-11/h2-8,10,19H,9H2,1H3/t10-/m0/s1. The summed E-state index contributed by atoms with van der Waals surface area (Å²) in [7, 11) is -3.75. The van der Waals surface area contributed by atoms with Crippen molar-refractivity contribution in [3.05, 3.63) is 71.0 Å². The predicted molar refractivity (Wildman–Crippen MR) is 76.9 cm³/mol. The quantitative estimate of drug-likeness (QED) is 0.915. The smallest absolute Gasteiger partial charge is 0.212 e. The van der Waals surface area contributed by atoms with Crippen molar-refractivity contribution in [2.45, 2.75) is 18.7 Å². The summed E-state index contributed by atoms with van der Waals surface area (Å²) in [5.74, 6) is -2.38. The molecule has 2 rings (SSSR count). The summed E-state index contributed by atoms with van der Waals surface area (Å²) in [6.07, 6.45) is 0. The first kappa shape index (κ1) is 16.5. The van der Waals surface area contributed by atoms with E-state index in [2.05, 4.69) is 4.72 Å². The Labute approximate surface area is 126 Å². The van der Waals surface area contributed by atoms with Crippen LogP contribution in [0, 0.1) is 17.5 Å². The third-order valence-electron chi connectivity index (χ3n) is 3.06. The molecule has 0 amide bonds. The third-order valence-corrected chi connectivity index (χ3v) is 4.48. The van der Waals surface area contributed by atoms with Gasteiger partial charge in [0, 0.05) is 17.7 Å². The van der Waals surface area contributed by atoms with E-state index < -0.39 is 33.5 Å². The van der Waals surface area contributed by atoms with Crippen molar-refractivity contribution in [1.82, 2.24) is 4.72 Å². The maximum Gasteiger partial charge on any atom is 0.216 e. The summed E-state index contributed by atoms with van der Waals surface area (Å²) in [5.41, 5.74) is 0.449. The summed E-state index contributed by atoms with van der Waals surface area (Å²) in [6.45, 7) is 1.46. The van der Waals surface area contributed by atoms with Gasteiger partial charge >= 0.3 is 0 Å². The molecule has 22 heavy (non-hydrogen) atoms. The molecular formula is C15H14F3NO2S. The van der Waals surface area contributed by atoms with Gasteiger partial charge < -0.3 is 0 Å². The Bertz CT molecular complexity index is 761. The van der Waals surface area contributed by atoms with Gasteiger partial charge in [0.2, 0.25) is 10.0 Å². The fraction of sp³-hybridized carbons (Fsp3) is 0.200. The zero-order chi connectivity index (χ0) is 16.3. The molecule has 0 fully saturated rings. The molecule has 0 saturated carbocycles. The number of halogens is 3. The van der Waals surface area contributed by atoms with E-state index in [4.69, 9.17) is 0 Å². The normalized spacial score (nSPS) is 13.1. The minimum absolute atomic E-state index is 0.0454. The highest BCUT2D eigenvalue weighted by atomic mass is 32.2. The summed E-state index contributed by atoms with van der Waals surface area (Å²) in [6, 6.07) is 7.13. The van der Waals surface area contributed by atoms with E-state index in [9.17, 15) is 21.6 Å². The van der Waals surface area contributed by atoms with Crippen molar-refractivity contribution < 1.29 is 21.6 Å². The Kier molecular flexibility index (Phi) is 4.87. The molecule has 0 aliphatic carbocycles. The Morgan fingerprint density at radius 1 is 1.00 bits per heavy atom. The molecule has 0 aromatic heterocycles. The summed E-state index contributed by atoms with van der Waals surface area (Å²) in [5, 5.41) is 0. The molecular weight excluding hydrogens is 315 g/mol. The molecule has 0 heterocycles. The summed E-state index contributed by atoms with van der Waals surface area (Å²) < 4.78 is 65.7. The first-order valence-electron chi connectivity index (χ1n) is 6.46. The second-order valence-electron chi connectivity index (χ2n) is 4.89. The highest BCUT2D eigenvalue weighted by molar-refractivity contribution is 7.88. The van der Waals surface area contributed by atoms with Gasteiger partial charge in [-0.05, 0) is 30.7 Å². The molecule has 2 aromatic rings. The Morgan fingerprint density at radius 3 is 2.18 bits per heavy atom. The van der Waals surface area contributed by atoms with Gasteiger partial charge in [0.1, 0.15) is 17.5 Å². The average Bonchev–Trinajstić information content (AvgIpc) is 2.40. The topological polar surface area (TPSA) is 46.2 Å². The molecule has 0 bridgehead atoms. The second kappa shape index (κ2) is 6.50. The minimum atomic E-state index is -3.75. The fourth-order valence-corrected chi connectivity index (χ4v) is 3.41. The Morgan fingerprint density at radius 2 is 1.59 bits per heavy atom. The molecule has 2 aromatic carbocycles. The lowest BCUT2D eigenvalue weighted by molar-refractivity contribution is 0.539. The zero-order valence-electron chi connectivity index (χ0n) is 11.7. The second-order valence-corrected chi connectivity index (χ2v) is 6.64. The van der Waals surface area contributed by atoms with Gasteiger partial charge in [0.15, 0.2) is 0 Å². The van der Waals surface area contributed by atoms with E-state index in [0.29, 0.717) is 11.6 Å². The van der Waals surface area contributed by atoms with Crippen LogP contribution in [0.4, 0.5) is 13.2 Å². The van der Waals surface area contributed by atoms with Crippen LogP contribution in [-0.4, -0.2) is 8.42 Å². The molecule has 0 unspecified atom stereocenters. The Hall–Kier alpha value is -1.86. The molecule has 118 valence electrons. The number of nitrogens with one attached hydrogen (secondary N) is 1. The van der Waals surface area contributed by atoms with E-state index in [1.807, 2.05) is 0 Å². The van der Waals surface area contributed by atoms with Crippen LogP contribution in [0.5, 0.6) is 0 Å². The van der Waals surface area contributed by atoms with Gasteiger partial charge in [0.25, 0.3) is 0 Å². The first-order valence-corrected chi connectivity index (χ1v) is 8.11. The number of hydrogen-bond acceptors (Lipinski definition) is 2. The van der Waals surface area contributed by atoms with Gasteiger partial charge in [-0.3, -0.25) is 0 Å². The molecule has 7 heteroatoms. The molecule has 0 aliphatic heterocycles. The van der Waals surface area contributed by atoms with E-state index >= 15 is 0 Å². The molecule has 1 N–H and O–H groups in total. The van der Waals surface area contributed by atoms with Crippen LogP contribution in [-0.2, 0) is 15.8 Å². The fourth-order valence-electron chi connectivity index (χ4n) is 2.03. The summed E-state index contributed by atoms with van der Waals surface area (Å²) in [4.78, 5) is 0. The lowest BCUT2D eigenvalue weighted by Gasteiger charge is -2.15. The van der Waals surface area contributed by atoms with Crippen molar-refractivity contribution in [2.75, 3.05) is 0 Å². The van der Waals surface area contributed by atoms with Gasteiger partial charge in [-0.15, -0.1) is 0 Å². The largest absolute Gasteiger partial charge is 0.216 e. The molecule has 1 atom stereocenters. The van der Waals surface area contributed by atoms with Gasteiger partial charge in [-0.25, -0.2) is 26.3 Å². The maximum absolute atomic E-state index is 13.6. The first-order chi connectivity index (χ1) is 10.3. The molecule has 3 nitrogen and oxygen atoms in total. The monoisotopic (exact) mass is 329 g/mol. The zero-order valence-corrected chi connectivity index (χ0v) is 12.5. The van der Waals surface area contributed by atoms with Crippen LogP contribution in [0.2, 0.25) is 0 Å². The minimum Gasteiger partial charge on any atom is -0.212 e. The van der Waals surface area contributed by atoms with Gasteiger partial charge in [0.05, 0.1) is 5.75 Å². The lowest BCUT2D eigenvalue weighted by atomic mass is 10.1. The molecule has 0 aliphatic rings. The van der Waals surface area contributed by atoms with Crippen LogP contribution >= 0.6 is 0 Å². The summed E-state index contributed by atoms with van der Waals surface area (Å²) >= 11 is 0. The predicted octanol–water partition coefficient (Wildman–Crippen LogP) is 3.28. The number of hydrogen-bond donors (Lipinski definition) is 1. The van der Waals surface area contributed by atoms with Crippen LogP contribution in [0.15, 0.2) is 42.5 Å². The van der Waals surface area contributed by atoms with Gasteiger partial charge in [-0.1, -0.05) is 18.2 Å². The SMILES string of the molecule is C[C@H](NS(=O)(=O)Cc1ccc(F)cc1)c1ccc(F)cc1F. The van der Waals surface area contributed by atoms with Crippen molar-refractivity contribution in [3.63, 3.8) is 0 Å². The van der Waals surface area contributed by atoms with Crippen LogP contribution in [0.3, 0.4) is 0 Å². The van der Waals surface area contributed by atoms with Crippen LogP contribution in [0.1, 0.15) is 24.1 Å². The van der Waals surface area contributed by atoms with Crippen LogP contribution in [0.25, 0.3) is 0 Å². The highest BCUT2D eigenvalue weighted by Crippen LogP contribution is 2.19. The number of rotatable bonds is 5. The van der Waals surface area contributed by atoms with E-state index in [1.165, 1.54) is 25.1 Å². The maximum atomic E-state index is 13.6. The van der Waals surface area contributed by atoms with E-state index in [0.717, 1.165) is 18.2 Å². The Balaban J connectivity index is 2.12. The lowest BCUT2D eigenvalue weighted by Crippen LogP contribution is -2.28. The van der Waals surface area contributed by atoms with Crippen molar-refractivity contribution in [2.24, 2.45) is 0 Å². The van der Waals surface area contributed by atoms with E-state index in [1.54, 1.807) is 0 Å². The third kappa shape index (κ3) is 4.32. The van der Waals surface area contributed by atoms with Crippen molar-refractivity contribution in [1.29, 1.82) is 0 Å². The molecule has 0 saturated heterocycles. The van der Waals surface area contributed by atoms with Crippen molar-refractivity contribution in [3.8, 4) is 0 Å². The highest BCUT2D eigenvalue weighted by Gasteiger charge is 2.19. The number of sulfonamides is 1. The van der Waals surface area contributed by atoms with Gasteiger partial charge in [-0.2, -0.15) is 0 Å².